The fourth-order valence-electron chi connectivity index (χ4n) is 1.92. The predicted molar refractivity (Wildman–Crippen MR) is 93.4 cm³/mol. The molecule has 4 N–H and O–H groups in total. The van der Waals surface area contributed by atoms with Gasteiger partial charge in [-0.2, -0.15) is 0 Å². The van der Waals surface area contributed by atoms with Crippen molar-refractivity contribution in [1.29, 1.82) is 0 Å². The first kappa shape index (κ1) is 16.5. The number of hydrogen-bond donors (Lipinski definition) is 2. The Kier molecular flexibility index (Phi) is 5.15. The summed E-state index contributed by atoms with van der Waals surface area (Å²) in [4.78, 5) is 24.6. The topological polar surface area (TPSA) is 86.2 Å². The van der Waals surface area contributed by atoms with Crippen molar-refractivity contribution in [2.45, 2.75) is 23.6 Å². The number of ketones is 2. The molecule has 114 valence electrons. The lowest BCUT2D eigenvalue weighted by Gasteiger charge is -2.07. The molecule has 6 heteroatoms. The van der Waals surface area contributed by atoms with Crippen LogP contribution in [0, 0.1) is 0 Å². The van der Waals surface area contributed by atoms with Crippen LogP contribution in [-0.4, -0.2) is 11.6 Å². The number of Topliss-reactive ketones (excluding diaryl/α,β-unsaturated/α-hetero) is 2. The van der Waals surface area contributed by atoms with Crippen molar-refractivity contribution >= 4 is 44.5 Å². The van der Waals surface area contributed by atoms with Crippen LogP contribution in [0.15, 0.2) is 46.2 Å². The molecule has 0 saturated carbocycles. The van der Waals surface area contributed by atoms with Gasteiger partial charge in [0.1, 0.15) is 0 Å². The fraction of sp³-hybridized carbons (Fsp3) is 0.125. The second-order valence-corrected chi connectivity index (χ2v) is 7.05. The molecule has 2 rings (SSSR count). The Balaban J connectivity index is 2.10. The first-order valence-corrected chi connectivity index (χ1v) is 8.69. The van der Waals surface area contributed by atoms with E-state index < -0.39 is 0 Å². The average Bonchev–Trinajstić information content (AvgIpc) is 2.44. The average molecular weight is 332 g/mol. The van der Waals surface area contributed by atoms with Crippen molar-refractivity contribution < 1.29 is 9.59 Å². The van der Waals surface area contributed by atoms with Gasteiger partial charge in [-0.3, -0.25) is 9.59 Å². The lowest BCUT2D eigenvalue weighted by molar-refractivity contribution is 0.101. The van der Waals surface area contributed by atoms with Crippen LogP contribution in [0.3, 0.4) is 0 Å². The number of benzene rings is 2. The van der Waals surface area contributed by atoms with E-state index in [0.717, 1.165) is 9.79 Å². The minimum absolute atomic E-state index is 0.0469. The minimum atomic E-state index is -0.0469. The summed E-state index contributed by atoms with van der Waals surface area (Å²) in [6.45, 7) is 2.99. The minimum Gasteiger partial charge on any atom is -0.398 e. The third kappa shape index (κ3) is 3.84. The predicted octanol–water partition coefficient (Wildman–Crippen LogP) is 4.06. The number of carbonyl (C=O) groups is 2. The van der Waals surface area contributed by atoms with Crippen LogP contribution in [0.25, 0.3) is 0 Å². The Morgan fingerprint density at radius 2 is 1.14 bits per heavy atom. The monoisotopic (exact) mass is 332 g/mol. The highest BCUT2D eigenvalue weighted by atomic mass is 33.1. The van der Waals surface area contributed by atoms with Crippen LogP contribution in [0.4, 0.5) is 11.4 Å². The number of hydrogen-bond acceptors (Lipinski definition) is 6. The van der Waals surface area contributed by atoms with Gasteiger partial charge >= 0.3 is 0 Å². The Bertz CT molecular complexity index is 681. The van der Waals surface area contributed by atoms with Crippen LogP contribution in [-0.2, 0) is 0 Å². The third-order valence-corrected chi connectivity index (χ3v) is 5.42. The maximum Gasteiger partial charge on any atom is 0.161 e. The van der Waals surface area contributed by atoms with E-state index in [1.165, 1.54) is 35.4 Å². The first-order chi connectivity index (χ1) is 10.4. The molecule has 0 heterocycles. The second-order valence-electron chi connectivity index (χ2n) is 4.78. The van der Waals surface area contributed by atoms with Crippen LogP contribution in [0.1, 0.15) is 34.6 Å². The van der Waals surface area contributed by atoms with Gasteiger partial charge in [0.25, 0.3) is 0 Å². The summed E-state index contributed by atoms with van der Waals surface area (Å²) in [6.07, 6.45) is 0. The van der Waals surface area contributed by atoms with Crippen molar-refractivity contribution in [3.05, 3.63) is 47.5 Å². The number of nitrogens with two attached hydrogens (primary N) is 2. The molecule has 0 saturated heterocycles. The van der Waals surface area contributed by atoms with Crippen LogP contribution in [0.2, 0.25) is 0 Å². The molecule has 0 amide bonds. The number of rotatable bonds is 5. The summed E-state index contributed by atoms with van der Waals surface area (Å²) in [6, 6.07) is 10.7. The molecule has 0 unspecified atom stereocenters. The first-order valence-electron chi connectivity index (χ1n) is 6.54. The van der Waals surface area contributed by atoms with E-state index in [4.69, 9.17) is 11.5 Å². The maximum absolute atomic E-state index is 11.3. The summed E-state index contributed by atoms with van der Waals surface area (Å²) in [5.74, 6) is -0.0939. The van der Waals surface area contributed by atoms with Gasteiger partial charge in [0.2, 0.25) is 0 Å². The zero-order valence-corrected chi connectivity index (χ0v) is 13.9. The number of nitrogen functional groups attached to an aromatic ring is 2. The summed E-state index contributed by atoms with van der Waals surface area (Å²) >= 11 is 0. The number of anilines is 2. The van der Waals surface area contributed by atoms with E-state index in [0.29, 0.717) is 22.5 Å². The maximum atomic E-state index is 11.3. The quantitative estimate of drug-likeness (QED) is 0.488. The smallest absolute Gasteiger partial charge is 0.161 e. The molecule has 22 heavy (non-hydrogen) atoms. The van der Waals surface area contributed by atoms with Gasteiger partial charge in [0, 0.05) is 32.3 Å². The molecule has 0 aliphatic heterocycles. The highest BCUT2D eigenvalue weighted by molar-refractivity contribution is 8.76. The summed E-state index contributed by atoms with van der Waals surface area (Å²) in [5.41, 5.74) is 13.8. The summed E-state index contributed by atoms with van der Waals surface area (Å²) in [5, 5.41) is 0. The second kappa shape index (κ2) is 6.89. The largest absolute Gasteiger partial charge is 0.398 e. The molecule has 0 aromatic heterocycles. The fourth-order valence-corrected chi connectivity index (χ4v) is 3.91. The van der Waals surface area contributed by atoms with Crippen LogP contribution >= 0.6 is 21.6 Å². The van der Waals surface area contributed by atoms with Crippen molar-refractivity contribution in [3.8, 4) is 0 Å². The van der Waals surface area contributed by atoms with E-state index in [9.17, 15) is 9.59 Å². The van der Waals surface area contributed by atoms with E-state index in [1.54, 1.807) is 24.3 Å². The Morgan fingerprint density at radius 1 is 0.773 bits per heavy atom. The molecule has 4 nitrogen and oxygen atoms in total. The van der Waals surface area contributed by atoms with Crippen molar-refractivity contribution in [1.82, 2.24) is 0 Å². The standard InChI is InChI=1S/C16H16N2O2S2/c1-9(19)13-5-3-11(7-15(13)17)21-22-12-4-6-14(10(2)20)16(18)8-12/h3-8H,17-18H2,1-2H3. The lowest BCUT2D eigenvalue weighted by atomic mass is 10.1. The normalized spacial score (nSPS) is 10.5. The SMILES string of the molecule is CC(=O)c1ccc(SSc2ccc(C(C)=O)c(N)c2)cc1N. The highest BCUT2D eigenvalue weighted by Gasteiger charge is 2.08. The molecular weight excluding hydrogens is 316 g/mol. The molecule has 0 atom stereocenters. The van der Waals surface area contributed by atoms with E-state index in [1.807, 2.05) is 12.1 Å². The molecule has 0 spiro atoms. The molecule has 0 bridgehead atoms. The summed E-state index contributed by atoms with van der Waals surface area (Å²) < 4.78 is 0. The van der Waals surface area contributed by atoms with E-state index >= 15 is 0 Å². The molecule has 2 aromatic carbocycles. The van der Waals surface area contributed by atoms with E-state index in [2.05, 4.69) is 0 Å². The van der Waals surface area contributed by atoms with Crippen molar-refractivity contribution in [2.75, 3.05) is 11.5 Å². The highest BCUT2D eigenvalue weighted by Crippen LogP contribution is 2.39. The molecular formula is C16H16N2O2S2. The zero-order chi connectivity index (χ0) is 16.3. The molecule has 0 radical (unpaired) electrons. The van der Waals surface area contributed by atoms with E-state index in [-0.39, 0.29) is 11.6 Å². The Morgan fingerprint density at radius 3 is 1.41 bits per heavy atom. The molecule has 0 fully saturated rings. The van der Waals surface area contributed by atoms with Gasteiger partial charge in [-0.1, -0.05) is 21.6 Å². The lowest BCUT2D eigenvalue weighted by Crippen LogP contribution is -1.99. The third-order valence-electron chi connectivity index (χ3n) is 3.04. The Labute approximate surface area is 137 Å². The van der Waals surface area contributed by atoms with Gasteiger partial charge < -0.3 is 11.5 Å². The molecule has 2 aromatic rings. The van der Waals surface area contributed by atoms with Gasteiger partial charge in [-0.15, -0.1) is 0 Å². The van der Waals surface area contributed by atoms with Gasteiger partial charge in [0.05, 0.1) is 0 Å². The summed E-state index contributed by atoms with van der Waals surface area (Å²) in [7, 11) is 3.03. The Hall–Kier alpha value is -1.92. The van der Waals surface area contributed by atoms with Crippen LogP contribution < -0.4 is 11.5 Å². The van der Waals surface area contributed by atoms with Gasteiger partial charge in [0.15, 0.2) is 11.6 Å². The zero-order valence-electron chi connectivity index (χ0n) is 12.3. The van der Waals surface area contributed by atoms with Gasteiger partial charge in [-0.25, -0.2) is 0 Å². The molecule has 0 aliphatic rings. The van der Waals surface area contributed by atoms with Crippen molar-refractivity contribution in [3.63, 3.8) is 0 Å². The van der Waals surface area contributed by atoms with Crippen molar-refractivity contribution in [2.24, 2.45) is 0 Å². The van der Waals surface area contributed by atoms with Gasteiger partial charge in [-0.05, 0) is 50.2 Å². The molecule has 0 aliphatic carbocycles. The van der Waals surface area contributed by atoms with Crippen LogP contribution in [0.5, 0.6) is 0 Å². The number of carbonyl (C=O) groups excluding carboxylic acids is 2.